The number of rotatable bonds is 6. The van der Waals surface area contributed by atoms with Crippen molar-refractivity contribution in [3.8, 4) is 0 Å². The van der Waals surface area contributed by atoms with Gasteiger partial charge in [-0.15, -0.1) is 0 Å². The molecule has 5 N–H and O–H groups in total. The average molecular weight is 194 g/mol. The second-order valence-electron chi connectivity index (χ2n) is 3.18. The number of aliphatic hydroxyl groups is 5. The van der Waals surface area contributed by atoms with E-state index in [1.54, 1.807) is 6.92 Å². The summed E-state index contributed by atoms with van der Waals surface area (Å²) >= 11 is 0. The first kappa shape index (κ1) is 12.8. The molecule has 13 heavy (non-hydrogen) atoms. The molecule has 0 aromatic rings. The summed E-state index contributed by atoms with van der Waals surface area (Å²) in [6.45, 7) is -0.174. The Hall–Kier alpha value is -0.200. The molecule has 0 heterocycles. The van der Waals surface area contributed by atoms with E-state index < -0.39 is 37.4 Å². The van der Waals surface area contributed by atoms with Crippen molar-refractivity contribution >= 4 is 0 Å². The molecule has 0 aliphatic carbocycles. The first-order valence-corrected chi connectivity index (χ1v) is 4.28. The van der Waals surface area contributed by atoms with Crippen LogP contribution in [0.1, 0.15) is 13.3 Å². The zero-order valence-corrected chi connectivity index (χ0v) is 7.72. The van der Waals surface area contributed by atoms with Crippen LogP contribution in [0.4, 0.5) is 0 Å². The van der Waals surface area contributed by atoms with Gasteiger partial charge in [0.2, 0.25) is 0 Å². The summed E-state index contributed by atoms with van der Waals surface area (Å²) in [5, 5.41) is 45.4. The molecule has 0 fully saturated rings. The van der Waals surface area contributed by atoms with E-state index >= 15 is 0 Å². The molecule has 0 aliphatic heterocycles. The molecule has 5 heteroatoms. The van der Waals surface area contributed by atoms with Gasteiger partial charge in [-0.2, -0.15) is 0 Å². The molecule has 0 radical (unpaired) electrons. The Balaban J connectivity index is 4.51. The van der Waals surface area contributed by atoms with E-state index in [0.29, 0.717) is 6.42 Å². The molecule has 80 valence electrons. The van der Waals surface area contributed by atoms with Gasteiger partial charge in [0.25, 0.3) is 0 Å². The van der Waals surface area contributed by atoms with E-state index in [0.717, 1.165) is 0 Å². The molecule has 0 aromatic heterocycles. The Labute approximate surface area is 77.3 Å². The first-order chi connectivity index (χ1) is 6.05. The fourth-order valence-electron chi connectivity index (χ4n) is 1.22. The summed E-state index contributed by atoms with van der Waals surface area (Å²) in [6, 6.07) is 0. The molecule has 2 unspecified atom stereocenters. The standard InChI is InChI=1S/C8H18O5/c1-2-7(12)6(3-9)8(13,4-10)5-11/h6-7,9-13H,2-5H2,1H3. The van der Waals surface area contributed by atoms with Gasteiger partial charge in [0, 0.05) is 5.92 Å². The minimum atomic E-state index is -1.82. The number of hydrogen-bond acceptors (Lipinski definition) is 5. The van der Waals surface area contributed by atoms with Crippen LogP contribution in [0.5, 0.6) is 0 Å². The maximum atomic E-state index is 9.57. The van der Waals surface area contributed by atoms with Crippen LogP contribution in [0.25, 0.3) is 0 Å². The molecule has 0 aliphatic rings. The van der Waals surface area contributed by atoms with Crippen molar-refractivity contribution in [3.63, 3.8) is 0 Å². The maximum absolute atomic E-state index is 9.57. The summed E-state index contributed by atoms with van der Waals surface area (Å²) in [5.74, 6) is -0.924. The highest BCUT2D eigenvalue weighted by Gasteiger charge is 2.39. The molecule has 0 amide bonds. The van der Waals surface area contributed by atoms with E-state index in [4.69, 9.17) is 15.3 Å². The Morgan fingerprint density at radius 1 is 1.15 bits per heavy atom. The van der Waals surface area contributed by atoms with Crippen molar-refractivity contribution in [1.29, 1.82) is 0 Å². The summed E-state index contributed by atoms with van der Waals surface area (Å²) in [5.41, 5.74) is -1.82. The minimum Gasteiger partial charge on any atom is -0.396 e. The van der Waals surface area contributed by atoms with Crippen LogP contribution >= 0.6 is 0 Å². The summed E-state index contributed by atoms with van der Waals surface area (Å²) < 4.78 is 0. The lowest BCUT2D eigenvalue weighted by Gasteiger charge is -2.34. The topological polar surface area (TPSA) is 101 Å². The molecule has 0 bridgehead atoms. The van der Waals surface area contributed by atoms with Crippen molar-refractivity contribution in [2.75, 3.05) is 19.8 Å². The molecule has 0 aromatic carbocycles. The molecule has 0 rings (SSSR count). The molecule has 0 saturated carbocycles. The van der Waals surface area contributed by atoms with Gasteiger partial charge in [0.1, 0.15) is 5.60 Å². The van der Waals surface area contributed by atoms with Crippen LogP contribution < -0.4 is 0 Å². The van der Waals surface area contributed by atoms with E-state index in [2.05, 4.69) is 0 Å². The summed E-state index contributed by atoms with van der Waals surface area (Å²) in [4.78, 5) is 0. The minimum absolute atomic E-state index is 0.341. The Bertz CT molecular complexity index is 134. The van der Waals surface area contributed by atoms with Crippen LogP contribution in [0.3, 0.4) is 0 Å². The van der Waals surface area contributed by atoms with Crippen LogP contribution in [0, 0.1) is 5.92 Å². The number of aliphatic hydroxyl groups excluding tert-OH is 4. The largest absolute Gasteiger partial charge is 0.396 e. The first-order valence-electron chi connectivity index (χ1n) is 4.28. The third-order valence-corrected chi connectivity index (χ3v) is 2.32. The van der Waals surface area contributed by atoms with Gasteiger partial charge >= 0.3 is 0 Å². The van der Waals surface area contributed by atoms with Crippen LogP contribution in [-0.2, 0) is 0 Å². The van der Waals surface area contributed by atoms with Gasteiger partial charge in [-0.25, -0.2) is 0 Å². The van der Waals surface area contributed by atoms with Crippen molar-refractivity contribution < 1.29 is 25.5 Å². The van der Waals surface area contributed by atoms with Gasteiger partial charge in [0.05, 0.1) is 25.9 Å². The van der Waals surface area contributed by atoms with Crippen molar-refractivity contribution in [3.05, 3.63) is 0 Å². The van der Waals surface area contributed by atoms with Crippen molar-refractivity contribution in [1.82, 2.24) is 0 Å². The normalized spacial score (nSPS) is 17.1. The third-order valence-electron chi connectivity index (χ3n) is 2.32. The molecule has 0 spiro atoms. The number of hydrogen-bond donors (Lipinski definition) is 5. The molecular weight excluding hydrogens is 176 g/mol. The molecular formula is C8H18O5. The lowest BCUT2D eigenvalue weighted by Crippen LogP contribution is -2.51. The van der Waals surface area contributed by atoms with Gasteiger partial charge in [-0.3, -0.25) is 0 Å². The molecule has 0 saturated heterocycles. The summed E-state index contributed by atoms with van der Waals surface area (Å²) in [6.07, 6.45) is -0.595. The highest BCUT2D eigenvalue weighted by molar-refractivity contribution is 4.88. The van der Waals surface area contributed by atoms with Crippen LogP contribution in [-0.4, -0.2) is 57.1 Å². The van der Waals surface area contributed by atoms with Gasteiger partial charge in [-0.05, 0) is 6.42 Å². The maximum Gasteiger partial charge on any atom is 0.118 e. The van der Waals surface area contributed by atoms with Crippen LogP contribution in [0.15, 0.2) is 0 Å². The highest BCUT2D eigenvalue weighted by atomic mass is 16.4. The zero-order valence-electron chi connectivity index (χ0n) is 7.72. The third kappa shape index (κ3) is 2.89. The Morgan fingerprint density at radius 3 is 1.85 bits per heavy atom. The Morgan fingerprint density at radius 2 is 1.62 bits per heavy atom. The zero-order chi connectivity index (χ0) is 10.5. The van der Waals surface area contributed by atoms with E-state index in [1.165, 1.54) is 0 Å². The van der Waals surface area contributed by atoms with Crippen molar-refractivity contribution in [2.45, 2.75) is 25.0 Å². The van der Waals surface area contributed by atoms with E-state index in [9.17, 15) is 10.2 Å². The highest BCUT2D eigenvalue weighted by Crippen LogP contribution is 2.21. The molecule has 5 nitrogen and oxygen atoms in total. The quantitative estimate of drug-likeness (QED) is 0.339. The lowest BCUT2D eigenvalue weighted by molar-refractivity contribution is -0.140. The lowest BCUT2D eigenvalue weighted by atomic mass is 9.84. The predicted molar refractivity (Wildman–Crippen MR) is 46.0 cm³/mol. The fourth-order valence-corrected chi connectivity index (χ4v) is 1.22. The predicted octanol–water partition coefficient (Wildman–Crippen LogP) is -1.92. The SMILES string of the molecule is CCC(O)C(CO)C(O)(CO)CO. The average Bonchev–Trinajstić information content (AvgIpc) is 2.18. The smallest absolute Gasteiger partial charge is 0.118 e. The van der Waals surface area contributed by atoms with Crippen molar-refractivity contribution in [2.24, 2.45) is 5.92 Å². The second kappa shape index (κ2) is 5.51. The van der Waals surface area contributed by atoms with Crippen LogP contribution in [0.2, 0.25) is 0 Å². The second-order valence-corrected chi connectivity index (χ2v) is 3.18. The summed E-state index contributed by atoms with van der Waals surface area (Å²) in [7, 11) is 0. The van der Waals surface area contributed by atoms with E-state index in [1.807, 2.05) is 0 Å². The van der Waals surface area contributed by atoms with Gasteiger partial charge in [-0.1, -0.05) is 6.92 Å². The fraction of sp³-hybridized carbons (Fsp3) is 1.00. The monoisotopic (exact) mass is 194 g/mol. The van der Waals surface area contributed by atoms with Gasteiger partial charge < -0.3 is 25.5 Å². The van der Waals surface area contributed by atoms with E-state index in [-0.39, 0.29) is 0 Å². The Kier molecular flexibility index (Phi) is 5.43. The van der Waals surface area contributed by atoms with Gasteiger partial charge in [0.15, 0.2) is 0 Å². The molecule has 2 atom stereocenters.